The summed E-state index contributed by atoms with van der Waals surface area (Å²) in [6, 6.07) is 7.78. The van der Waals surface area contributed by atoms with Gasteiger partial charge in [0.15, 0.2) is 5.96 Å². The minimum atomic E-state index is -0.188. The molecule has 24 heavy (non-hydrogen) atoms. The van der Waals surface area contributed by atoms with Gasteiger partial charge in [-0.05, 0) is 50.8 Å². The van der Waals surface area contributed by atoms with Gasteiger partial charge in [0.2, 0.25) is 0 Å². The molecule has 0 saturated carbocycles. The maximum Gasteiger partial charge on any atom is 0.191 e. The first-order chi connectivity index (χ1) is 11.1. The van der Waals surface area contributed by atoms with Crippen LogP contribution in [0.15, 0.2) is 29.3 Å². The summed E-state index contributed by atoms with van der Waals surface area (Å²) in [7, 11) is 1.80. The first-order valence-electron chi connectivity index (χ1n) is 8.54. The van der Waals surface area contributed by atoms with Gasteiger partial charge in [-0.15, -0.1) is 24.0 Å². The number of halogens is 2. The fourth-order valence-electron chi connectivity index (χ4n) is 2.92. The molecule has 0 spiro atoms. The molecule has 4 nitrogen and oxygen atoms in total. The summed E-state index contributed by atoms with van der Waals surface area (Å²) in [6.07, 6.45) is 3.15. The number of rotatable bonds is 5. The largest absolute Gasteiger partial charge is 0.356 e. The molecule has 2 N–H and O–H groups in total. The summed E-state index contributed by atoms with van der Waals surface area (Å²) >= 11 is 0. The molecule has 1 aliphatic heterocycles. The van der Waals surface area contributed by atoms with Crippen LogP contribution in [-0.2, 0) is 6.42 Å². The fourth-order valence-corrected chi connectivity index (χ4v) is 2.92. The van der Waals surface area contributed by atoms with Crippen LogP contribution in [-0.4, -0.2) is 49.6 Å². The number of piperidine rings is 1. The zero-order chi connectivity index (χ0) is 16.7. The van der Waals surface area contributed by atoms with E-state index in [0.717, 1.165) is 50.4 Å². The zero-order valence-electron chi connectivity index (χ0n) is 14.9. The zero-order valence-corrected chi connectivity index (χ0v) is 17.2. The number of nitrogens with zero attached hydrogens (tertiary/aromatic N) is 2. The van der Waals surface area contributed by atoms with Gasteiger partial charge < -0.3 is 15.5 Å². The Bertz CT molecular complexity index is 496. The minimum absolute atomic E-state index is 0. The third kappa shape index (κ3) is 6.93. The summed E-state index contributed by atoms with van der Waals surface area (Å²) in [5.74, 6) is 0.669. The first kappa shape index (κ1) is 21.2. The van der Waals surface area contributed by atoms with E-state index < -0.39 is 0 Å². The molecular formula is C18H30FIN4. The summed E-state index contributed by atoms with van der Waals surface area (Å²) in [5, 5.41) is 6.86. The van der Waals surface area contributed by atoms with Crippen LogP contribution in [0.25, 0.3) is 0 Å². The Labute approximate surface area is 162 Å². The van der Waals surface area contributed by atoms with E-state index in [1.54, 1.807) is 7.05 Å². The second-order valence-electron chi connectivity index (χ2n) is 6.42. The fraction of sp³-hybridized carbons (Fsp3) is 0.611. The average molecular weight is 448 g/mol. The van der Waals surface area contributed by atoms with Gasteiger partial charge in [0.25, 0.3) is 0 Å². The van der Waals surface area contributed by atoms with Crippen molar-refractivity contribution in [3.8, 4) is 0 Å². The molecule has 0 amide bonds. The highest BCUT2D eigenvalue weighted by atomic mass is 127. The molecule has 1 heterocycles. The molecule has 0 bridgehead atoms. The molecule has 136 valence electrons. The lowest BCUT2D eigenvalue weighted by atomic mass is 10.0. The van der Waals surface area contributed by atoms with Gasteiger partial charge in [-0.25, -0.2) is 4.39 Å². The monoisotopic (exact) mass is 448 g/mol. The van der Waals surface area contributed by atoms with E-state index in [4.69, 9.17) is 0 Å². The molecule has 1 aromatic rings. The van der Waals surface area contributed by atoms with Crippen molar-refractivity contribution in [2.45, 2.75) is 45.2 Å². The maximum absolute atomic E-state index is 12.9. The molecule has 0 aliphatic carbocycles. The van der Waals surface area contributed by atoms with Gasteiger partial charge in [-0.2, -0.15) is 0 Å². The highest BCUT2D eigenvalue weighted by molar-refractivity contribution is 14.0. The Kier molecular flexibility index (Phi) is 9.58. The van der Waals surface area contributed by atoms with Crippen LogP contribution >= 0.6 is 24.0 Å². The number of guanidine groups is 1. The van der Waals surface area contributed by atoms with Gasteiger partial charge in [-0.3, -0.25) is 4.99 Å². The molecule has 6 heteroatoms. The van der Waals surface area contributed by atoms with Crippen LogP contribution in [0.1, 0.15) is 32.3 Å². The van der Waals surface area contributed by atoms with Crippen molar-refractivity contribution in [3.05, 3.63) is 35.6 Å². The SMILES string of the molecule is CN=C(NCCc1ccc(F)cc1)NC1CCN(C(C)C)CC1.I. The average Bonchev–Trinajstić information content (AvgIpc) is 2.56. The van der Waals surface area contributed by atoms with Crippen LogP contribution in [0.2, 0.25) is 0 Å². The highest BCUT2D eigenvalue weighted by Gasteiger charge is 2.21. The molecule has 0 atom stereocenters. The number of likely N-dealkylation sites (tertiary alicyclic amines) is 1. The quantitative estimate of drug-likeness (QED) is 0.414. The van der Waals surface area contributed by atoms with E-state index in [1.807, 2.05) is 12.1 Å². The van der Waals surface area contributed by atoms with Gasteiger partial charge in [-0.1, -0.05) is 12.1 Å². The van der Waals surface area contributed by atoms with E-state index in [1.165, 1.54) is 12.1 Å². The van der Waals surface area contributed by atoms with E-state index in [2.05, 4.69) is 34.4 Å². The van der Waals surface area contributed by atoms with E-state index >= 15 is 0 Å². The lowest BCUT2D eigenvalue weighted by Crippen LogP contribution is -2.50. The summed E-state index contributed by atoms with van der Waals surface area (Å²) in [4.78, 5) is 6.82. The second kappa shape index (κ2) is 10.9. The molecule has 1 aromatic carbocycles. The van der Waals surface area contributed by atoms with Crippen molar-refractivity contribution in [2.24, 2.45) is 4.99 Å². The Morgan fingerprint density at radius 3 is 2.42 bits per heavy atom. The summed E-state index contributed by atoms with van der Waals surface area (Å²) in [6.45, 7) is 7.58. The van der Waals surface area contributed by atoms with Crippen molar-refractivity contribution in [1.82, 2.24) is 15.5 Å². The first-order valence-corrected chi connectivity index (χ1v) is 8.54. The van der Waals surface area contributed by atoms with Crippen LogP contribution in [0, 0.1) is 5.82 Å². The summed E-state index contributed by atoms with van der Waals surface area (Å²) < 4.78 is 12.9. The molecule has 1 fully saturated rings. The molecule has 0 radical (unpaired) electrons. The lowest BCUT2D eigenvalue weighted by molar-refractivity contribution is 0.167. The predicted molar refractivity (Wildman–Crippen MR) is 110 cm³/mol. The molecule has 0 aromatic heterocycles. The normalized spacial score (nSPS) is 16.8. The Morgan fingerprint density at radius 1 is 1.25 bits per heavy atom. The standard InChI is InChI=1S/C18H29FN4.HI/c1-14(2)23-12-9-17(10-13-23)22-18(20-3)21-11-8-15-4-6-16(19)7-5-15;/h4-7,14,17H,8-13H2,1-3H3,(H2,20,21,22);1H. The van der Waals surface area contributed by atoms with Crippen LogP contribution < -0.4 is 10.6 Å². The Balaban J connectivity index is 0.00000288. The van der Waals surface area contributed by atoms with Gasteiger partial charge in [0, 0.05) is 38.8 Å². The van der Waals surface area contributed by atoms with Crippen molar-refractivity contribution in [1.29, 1.82) is 0 Å². The molecule has 1 aliphatic rings. The number of hydrogen-bond donors (Lipinski definition) is 2. The van der Waals surface area contributed by atoms with Crippen molar-refractivity contribution in [3.63, 3.8) is 0 Å². The lowest BCUT2D eigenvalue weighted by Gasteiger charge is -2.35. The van der Waals surface area contributed by atoms with Crippen LogP contribution in [0.5, 0.6) is 0 Å². The molecular weight excluding hydrogens is 418 g/mol. The molecule has 0 unspecified atom stereocenters. The second-order valence-corrected chi connectivity index (χ2v) is 6.42. The van der Waals surface area contributed by atoms with E-state index in [-0.39, 0.29) is 29.8 Å². The third-order valence-electron chi connectivity index (χ3n) is 4.44. The summed E-state index contributed by atoms with van der Waals surface area (Å²) in [5.41, 5.74) is 1.12. The van der Waals surface area contributed by atoms with E-state index in [9.17, 15) is 4.39 Å². The van der Waals surface area contributed by atoms with Crippen LogP contribution in [0.3, 0.4) is 0 Å². The Morgan fingerprint density at radius 2 is 1.88 bits per heavy atom. The molecule has 2 rings (SSSR count). The number of aliphatic imine (C=N–C) groups is 1. The minimum Gasteiger partial charge on any atom is -0.356 e. The Hall–Kier alpha value is -0.890. The number of hydrogen-bond acceptors (Lipinski definition) is 2. The van der Waals surface area contributed by atoms with Gasteiger partial charge >= 0.3 is 0 Å². The van der Waals surface area contributed by atoms with Crippen LogP contribution in [0.4, 0.5) is 4.39 Å². The third-order valence-corrected chi connectivity index (χ3v) is 4.44. The van der Waals surface area contributed by atoms with E-state index in [0.29, 0.717) is 12.1 Å². The maximum atomic E-state index is 12.9. The van der Waals surface area contributed by atoms with Crippen molar-refractivity contribution < 1.29 is 4.39 Å². The smallest absolute Gasteiger partial charge is 0.191 e. The number of nitrogens with one attached hydrogen (secondary N) is 2. The van der Waals surface area contributed by atoms with Gasteiger partial charge in [0.1, 0.15) is 5.82 Å². The molecule has 1 saturated heterocycles. The van der Waals surface area contributed by atoms with Crippen molar-refractivity contribution >= 4 is 29.9 Å². The highest BCUT2D eigenvalue weighted by Crippen LogP contribution is 2.12. The van der Waals surface area contributed by atoms with Crippen molar-refractivity contribution in [2.75, 3.05) is 26.7 Å². The predicted octanol–water partition coefficient (Wildman–Crippen LogP) is 3.02. The number of benzene rings is 1. The van der Waals surface area contributed by atoms with Gasteiger partial charge in [0.05, 0.1) is 0 Å². The topological polar surface area (TPSA) is 39.7 Å².